The number of amides is 1. The Balaban J connectivity index is 1.95. The van der Waals surface area contributed by atoms with E-state index in [0.29, 0.717) is 23.6 Å². The molecule has 6 nitrogen and oxygen atoms in total. The first-order chi connectivity index (χ1) is 11.0. The number of aryl methyl sites for hydroxylation is 1. The third-order valence-corrected chi connectivity index (χ3v) is 3.77. The first kappa shape index (κ1) is 15.1. The van der Waals surface area contributed by atoms with Crippen LogP contribution < -0.4 is 9.64 Å². The predicted molar refractivity (Wildman–Crippen MR) is 82.7 cm³/mol. The summed E-state index contributed by atoms with van der Waals surface area (Å²) in [5, 5.41) is 8.93. The van der Waals surface area contributed by atoms with Crippen molar-refractivity contribution >= 4 is 17.6 Å². The molecule has 1 aromatic carbocycles. The number of rotatable bonds is 4. The molecule has 3 rings (SSSR count). The summed E-state index contributed by atoms with van der Waals surface area (Å²) in [6.45, 7) is 4.01. The molecule has 2 heterocycles. The number of ether oxygens (including phenoxy) is 1. The van der Waals surface area contributed by atoms with E-state index in [2.05, 4.69) is 0 Å². The summed E-state index contributed by atoms with van der Waals surface area (Å²) in [4.78, 5) is 25.1. The first-order valence-electron chi connectivity index (χ1n) is 7.40. The number of carbonyl (C=O) groups excluding carboxylic acids is 1. The lowest BCUT2D eigenvalue weighted by Gasteiger charge is -2.33. The maximum absolute atomic E-state index is 12.6. The van der Waals surface area contributed by atoms with E-state index in [-0.39, 0.29) is 18.2 Å². The van der Waals surface area contributed by atoms with Gasteiger partial charge in [0.15, 0.2) is 6.10 Å². The molecule has 2 aromatic rings. The molecule has 1 unspecified atom stereocenters. The minimum Gasteiger partial charge on any atom is -0.478 e. The van der Waals surface area contributed by atoms with Crippen LogP contribution in [0.25, 0.3) is 0 Å². The fourth-order valence-electron chi connectivity index (χ4n) is 2.59. The Hall–Kier alpha value is -2.76. The van der Waals surface area contributed by atoms with Crippen LogP contribution >= 0.6 is 0 Å². The molecule has 0 bridgehead atoms. The molecule has 6 heteroatoms. The van der Waals surface area contributed by atoms with Crippen molar-refractivity contribution < 1.29 is 23.8 Å². The monoisotopic (exact) mass is 315 g/mol. The maximum atomic E-state index is 12.6. The van der Waals surface area contributed by atoms with Crippen molar-refractivity contribution in [3.63, 3.8) is 0 Å². The van der Waals surface area contributed by atoms with Crippen molar-refractivity contribution in [3.8, 4) is 5.75 Å². The van der Waals surface area contributed by atoms with Gasteiger partial charge in [0, 0.05) is 0 Å². The second-order valence-corrected chi connectivity index (χ2v) is 5.48. The van der Waals surface area contributed by atoms with Crippen molar-refractivity contribution in [1.29, 1.82) is 0 Å². The van der Waals surface area contributed by atoms with E-state index in [1.54, 1.807) is 11.0 Å². The molecule has 0 saturated carbocycles. The Labute approximate surface area is 133 Å². The van der Waals surface area contributed by atoms with Crippen LogP contribution in [0, 0.1) is 6.92 Å². The standard InChI is InChI=1S/C17H17NO5/c1-3-13-16(19)18(9-11-5-7-14(22-11)17(20)21)12-6-4-10(2)8-15(12)23-13/h4-8,13H,3,9H2,1-2H3,(H,20,21). The third-order valence-electron chi connectivity index (χ3n) is 3.77. The highest BCUT2D eigenvalue weighted by molar-refractivity contribution is 6.00. The van der Waals surface area contributed by atoms with Gasteiger partial charge in [0.05, 0.1) is 12.2 Å². The van der Waals surface area contributed by atoms with Crippen molar-refractivity contribution in [2.45, 2.75) is 32.9 Å². The summed E-state index contributed by atoms with van der Waals surface area (Å²) in [7, 11) is 0. The van der Waals surface area contributed by atoms with Crippen molar-refractivity contribution in [1.82, 2.24) is 0 Å². The number of carboxylic acid groups (broad SMARTS) is 1. The Morgan fingerprint density at radius 2 is 2.09 bits per heavy atom. The highest BCUT2D eigenvalue weighted by atomic mass is 16.5. The average molecular weight is 315 g/mol. The number of fused-ring (bicyclic) bond motifs is 1. The van der Waals surface area contributed by atoms with Gasteiger partial charge in [-0.25, -0.2) is 4.79 Å². The second-order valence-electron chi connectivity index (χ2n) is 5.48. The van der Waals surface area contributed by atoms with Gasteiger partial charge in [0.2, 0.25) is 5.76 Å². The molecule has 1 N–H and O–H groups in total. The number of furan rings is 1. The number of anilines is 1. The van der Waals surface area contributed by atoms with Crippen LogP contribution in [0.2, 0.25) is 0 Å². The first-order valence-corrected chi connectivity index (χ1v) is 7.40. The Kier molecular flexibility index (Phi) is 3.82. The molecule has 1 amide bonds. The summed E-state index contributed by atoms with van der Waals surface area (Å²) in [5.74, 6) is -0.360. The Bertz CT molecular complexity index is 764. The fourth-order valence-corrected chi connectivity index (χ4v) is 2.59. The number of carbonyl (C=O) groups is 2. The summed E-state index contributed by atoms with van der Waals surface area (Å²) in [6, 6.07) is 8.58. The summed E-state index contributed by atoms with van der Waals surface area (Å²) in [5.41, 5.74) is 1.71. The number of nitrogens with zero attached hydrogens (tertiary/aromatic N) is 1. The Morgan fingerprint density at radius 1 is 1.30 bits per heavy atom. The van der Waals surface area contributed by atoms with Crippen LogP contribution in [0.5, 0.6) is 5.75 Å². The largest absolute Gasteiger partial charge is 0.478 e. The quantitative estimate of drug-likeness (QED) is 0.938. The fraction of sp³-hybridized carbons (Fsp3) is 0.294. The average Bonchev–Trinajstić information content (AvgIpc) is 2.98. The number of benzene rings is 1. The van der Waals surface area contributed by atoms with Crippen molar-refractivity contribution in [2.24, 2.45) is 0 Å². The van der Waals surface area contributed by atoms with Gasteiger partial charge in [-0.1, -0.05) is 13.0 Å². The minimum absolute atomic E-state index is 0.142. The molecule has 1 aliphatic rings. The highest BCUT2D eigenvalue weighted by Crippen LogP contribution is 2.36. The number of carboxylic acids is 1. The van der Waals surface area contributed by atoms with E-state index >= 15 is 0 Å². The van der Waals surface area contributed by atoms with Gasteiger partial charge in [-0.05, 0) is 43.2 Å². The topological polar surface area (TPSA) is 80.0 Å². The van der Waals surface area contributed by atoms with Crippen LogP contribution in [-0.4, -0.2) is 23.1 Å². The smallest absolute Gasteiger partial charge is 0.371 e. The van der Waals surface area contributed by atoms with Crippen LogP contribution in [0.3, 0.4) is 0 Å². The van der Waals surface area contributed by atoms with E-state index in [4.69, 9.17) is 14.3 Å². The molecule has 1 aromatic heterocycles. The maximum Gasteiger partial charge on any atom is 0.371 e. The number of aromatic carboxylic acids is 1. The van der Waals surface area contributed by atoms with E-state index in [0.717, 1.165) is 5.56 Å². The molecule has 0 fully saturated rings. The molecule has 0 spiro atoms. The third kappa shape index (κ3) is 2.79. The van der Waals surface area contributed by atoms with E-state index < -0.39 is 12.1 Å². The lowest BCUT2D eigenvalue weighted by Crippen LogP contribution is -2.45. The molecule has 0 saturated heterocycles. The van der Waals surface area contributed by atoms with Gasteiger partial charge in [-0.2, -0.15) is 0 Å². The molecular weight excluding hydrogens is 298 g/mol. The lowest BCUT2D eigenvalue weighted by atomic mass is 10.1. The number of hydrogen-bond donors (Lipinski definition) is 1. The molecular formula is C17H17NO5. The molecule has 1 aliphatic heterocycles. The Morgan fingerprint density at radius 3 is 2.74 bits per heavy atom. The van der Waals surface area contributed by atoms with Crippen molar-refractivity contribution in [3.05, 3.63) is 47.4 Å². The summed E-state index contributed by atoms with van der Waals surface area (Å²) in [6.07, 6.45) is 0.0135. The zero-order valence-electron chi connectivity index (χ0n) is 12.9. The van der Waals surface area contributed by atoms with Gasteiger partial charge in [0.25, 0.3) is 5.91 Å². The molecule has 1 atom stereocenters. The van der Waals surface area contributed by atoms with E-state index in [9.17, 15) is 9.59 Å². The molecule has 23 heavy (non-hydrogen) atoms. The molecule has 120 valence electrons. The van der Waals surface area contributed by atoms with Crippen molar-refractivity contribution in [2.75, 3.05) is 4.90 Å². The van der Waals surface area contributed by atoms with E-state index in [1.807, 2.05) is 32.0 Å². The summed E-state index contributed by atoms with van der Waals surface area (Å²) >= 11 is 0. The lowest BCUT2D eigenvalue weighted by molar-refractivity contribution is -0.126. The SMILES string of the molecule is CCC1Oc2cc(C)ccc2N(Cc2ccc(C(=O)O)o2)C1=O. The van der Waals surface area contributed by atoms with Gasteiger partial charge < -0.3 is 14.3 Å². The van der Waals surface area contributed by atoms with Crippen LogP contribution in [-0.2, 0) is 11.3 Å². The summed E-state index contributed by atoms with van der Waals surface area (Å²) < 4.78 is 11.0. The highest BCUT2D eigenvalue weighted by Gasteiger charge is 2.33. The van der Waals surface area contributed by atoms with Gasteiger partial charge in [-0.15, -0.1) is 0 Å². The van der Waals surface area contributed by atoms with E-state index in [1.165, 1.54) is 6.07 Å². The predicted octanol–water partition coefficient (Wildman–Crippen LogP) is 2.99. The van der Waals surface area contributed by atoms with Gasteiger partial charge in [-0.3, -0.25) is 9.69 Å². The zero-order chi connectivity index (χ0) is 16.6. The minimum atomic E-state index is -1.13. The van der Waals surface area contributed by atoms with Gasteiger partial charge in [0.1, 0.15) is 11.5 Å². The van der Waals surface area contributed by atoms with Crippen LogP contribution in [0.15, 0.2) is 34.7 Å². The zero-order valence-corrected chi connectivity index (χ0v) is 12.9. The molecule has 0 aliphatic carbocycles. The second kappa shape index (κ2) is 5.79. The van der Waals surface area contributed by atoms with Crippen LogP contribution in [0.1, 0.15) is 35.2 Å². The number of hydrogen-bond acceptors (Lipinski definition) is 4. The van der Waals surface area contributed by atoms with Gasteiger partial charge >= 0.3 is 5.97 Å². The normalized spacial score (nSPS) is 16.9. The molecule has 0 radical (unpaired) electrons. The van der Waals surface area contributed by atoms with Crippen LogP contribution in [0.4, 0.5) is 5.69 Å².